The summed E-state index contributed by atoms with van der Waals surface area (Å²) in [6.07, 6.45) is 5.52. The maximum atomic E-state index is 13.3. The van der Waals surface area contributed by atoms with Crippen molar-refractivity contribution >= 4 is 10.9 Å². The molecule has 0 amide bonds. The molecule has 1 aliphatic rings. The quantitative estimate of drug-likeness (QED) is 0.650. The number of rotatable bonds is 6. The fourth-order valence-electron chi connectivity index (χ4n) is 4.33. The average molecular weight is 425 g/mol. The second-order valence-corrected chi connectivity index (χ2v) is 8.97. The normalized spacial score (nSPS) is 16.9. The Morgan fingerprint density at radius 2 is 1.90 bits per heavy atom. The van der Waals surface area contributed by atoms with Crippen molar-refractivity contribution in [1.29, 1.82) is 0 Å². The number of hydrogen-bond donors (Lipinski definition) is 1. The molecule has 0 unspecified atom stereocenters. The number of methoxy groups -OCH3 is 1. The summed E-state index contributed by atoms with van der Waals surface area (Å²) in [6, 6.07) is 7.43. The van der Waals surface area contributed by atoms with E-state index in [1.165, 1.54) is 12.8 Å². The van der Waals surface area contributed by atoms with Gasteiger partial charge in [0.2, 0.25) is 0 Å². The van der Waals surface area contributed by atoms with E-state index in [1.54, 1.807) is 7.11 Å². The molecule has 0 spiro atoms. The lowest BCUT2D eigenvalue weighted by Crippen LogP contribution is -2.38. The van der Waals surface area contributed by atoms with Crippen LogP contribution in [0, 0.1) is 0 Å². The molecule has 0 aliphatic carbocycles. The van der Waals surface area contributed by atoms with Gasteiger partial charge in [-0.15, -0.1) is 5.10 Å². The van der Waals surface area contributed by atoms with Gasteiger partial charge >= 0.3 is 0 Å². The first kappa shape index (κ1) is 21.5. The van der Waals surface area contributed by atoms with Crippen LogP contribution in [0.25, 0.3) is 10.9 Å². The van der Waals surface area contributed by atoms with Crippen LogP contribution in [0.15, 0.2) is 29.1 Å². The number of likely N-dealkylation sites (tertiary alicyclic amines) is 1. The number of aromatic amines is 1. The van der Waals surface area contributed by atoms with Crippen LogP contribution < -0.4 is 10.3 Å². The van der Waals surface area contributed by atoms with E-state index in [4.69, 9.17) is 4.74 Å². The first-order valence-electron chi connectivity index (χ1n) is 11.2. The second-order valence-electron chi connectivity index (χ2n) is 8.97. The van der Waals surface area contributed by atoms with Gasteiger partial charge in [-0.2, -0.15) is 0 Å². The number of tetrazole rings is 1. The molecule has 3 aromatic rings. The summed E-state index contributed by atoms with van der Waals surface area (Å²) in [6.45, 7) is 8.23. The summed E-state index contributed by atoms with van der Waals surface area (Å²) in [5, 5.41) is 13.8. The summed E-state index contributed by atoms with van der Waals surface area (Å²) in [7, 11) is 1.62. The summed E-state index contributed by atoms with van der Waals surface area (Å²) in [4.78, 5) is 18.8. The highest BCUT2D eigenvalue weighted by molar-refractivity contribution is 5.80. The SMILES string of the molecule is CCC(C)(C)n1nnnc1[C@H](c1cc2ccc(OC)cc2[nH]c1=O)N1CCCCCC1. The lowest BCUT2D eigenvalue weighted by atomic mass is 9.99. The highest BCUT2D eigenvalue weighted by atomic mass is 16.5. The maximum absolute atomic E-state index is 13.3. The van der Waals surface area contributed by atoms with Crippen molar-refractivity contribution in [2.24, 2.45) is 0 Å². The highest BCUT2D eigenvalue weighted by Gasteiger charge is 2.34. The van der Waals surface area contributed by atoms with Gasteiger partial charge in [0.25, 0.3) is 5.56 Å². The van der Waals surface area contributed by atoms with Crippen molar-refractivity contribution in [2.75, 3.05) is 20.2 Å². The van der Waals surface area contributed by atoms with Gasteiger partial charge in [0.1, 0.15) is 11.8 Å². The largest absolute Gasteiger partial charge is 0.497 e. The Morgan fingerprint density at radius 1 is 1.16 bits per heavy atom. The summed E-state index contributed by atoms with van der Waals surface area (Å²) >= 11 is 0. The Morgan fingerprint density at radius 3 is 2.58 bits per heavy atom. The minimum Gasteiger partial charge on any atom is -0.497 e. The number of benzene rings is 1. The van der Waals surface area contributed by atoms with Gasteiger partial charge in [0.05, 0.1) is 18.2 Å². The molecule has 1 N–H and O–H groups in total. The first-order chi connectivity index (χ1) is 14.9. The molecule has 0 saturated carbocycles. The zero-order valence-electron chi connectivity index (χ0n) is 18.9. The van der Waals surface area contributed by atoms with Crippen molar-refractivity contribution in [3.8, 4) is 5.75 Å². The number of pyridine rings is 1. The molecule has 1 fully saturated rings. The molecule has 3 heterocycles. The van der Waals surface area contributed by atoms with Crippen LogP contribution in [0.1, 0.15) is 70.3 Å². The van der Waals surface area contributed by atoms with Gasteiger partial charge < -0.3 is 9.72 Å². The predicted molar refractivity (Wildman–Crippen MR) is 120 cm³/mol. The molecular weight excluding hydrogens is 392 g/mol. The van der Waals surface area contributed by atoms with E-state index in [9.17, 15) is 4.79 Å². The van der Waals surface area contributed by atoms with Crippen LogP contribution in [-0.2, 0) is 5.54 Å². The molecule has 0 bridgehead atoms. The Kier molecular flexibility index (Phi) is 6.09. The third-order valence-corrected chi connectivity index (χ3v) is 6.56. The van der Waals surface area contributed by atoms with E-state index in [0.717, 1.165) is 49.1 Å². The van der Waals surface area contributed by atoms with Gasteiger partial charge in [-0.1, -0.05) is 19.8 Å². The van der Waals surface area contributed by atoms with Crippen LogP contribution in [0.2, 0.25) is 0 Å². The summed E-state index contributed by atoms with van der Waals surface area (Å²) < 4.78 is 7.22. The zero-order chi connectivity index (χ0) is 22.0. The number of nitrogens with one attached hydrogen (secondary N) is 1. The summed E-state index contributed by atoms with van der Waals surface area (Å²) in [5.41, 5.74) is 1.08. The minimum atomic E-state index is -0.297. The van der Waals surface area contributed by atoms with Crippen molar-refractivity contribution in [1.82, 2.24) is 30.1 Å². The van der Waals surface area contributed by atoms with Crippen LogP contribution in [0.3, 0.4) is 0 Å². The Hall–Kier alpha value is -2.74. The van der Waals surface area contributed by atoms with E-state index in [-0.39, 0.29) is 17.1 Å². The molecule has 1 aromatic carbocycles. The molecule has 1 saturated heterocycles. The lowest BCUT2D eigenvalue weighted by Gasteiger charge is -2.32. The highest BCUT2D eigenvalue weighted by Crippen LogP contribution is 2.32. The van der Waals surface area contributed by atoms with E-state index >= 15 is 0 Å². The third kappa shape index (κ3) is 4.21. The maximum Gasteiger partial charge on any atom is 0.253 e. The van der Waals surface area contributed by atoms with Crippen molar-refractivity contribution < 1.29 is 4.74 Å². The van der Waals surface area contributed by atoms with E-state index in [0.29, 0.717) is 11.3 Å². The third-order valence-electron chi connectivity index (χ3n) is 6.56. The van der Waals surface area contributed by atoms with Crippen LogP contribution in [-0.4, -0.2) is 50.3 Å². The fourth-order valence-corrected chi connectivity index (χ4v) is 4.33. The predicted octanol–water partition coefficient (Wildman–Crippen LogP) is 3.63. The molecular formula is C23H32N6O2. The molecule has 1 atom stereocenters. The number of hydrogen-bond acceptors (Lipinski definition) is 6. The number of H-pyrrole nitrogens is 1. The monoisotopic (exact) mass is 424 g/mol. The van der Waals surface area contributed by atoms with E-state index in [2.05, 4.69) is 46.2 Å². The molecule has 31 heavy (non-hydrogen) atoms. The Balaban J connectivity index is 1.89. The number of aromatic nitrogens is 5. The van der Waals surface area contributed by atoms with E-state index < -0.39 is 0 Å². The number of fused-ring (bicyclic) bond motifs is 1. The minimum absolute atomic E-state index is 0.112. The van der Waals surface area contributed by atoms with E-state index in [1.807, 2.05) is 28.9 Å². The van der Waals surface area contributed by atoms with Crippen molar-refractivity contribution in [3.63, 3.8) is 0 Å². The molecule has 8 nitrogen and oxygen atoms in total. The zero-order valence-corrected chi connectivity index (χ0v) is 18.9. The van der Waals surface area contributed by atoms with Crippen LogP contribution in [0.5, 0.6) is 5.75 Å². The molecule has 4 rings (SSSR count). The van der Waals surface area contributed by atoms with Crippen LogP contribution in [0.4, 0.5) is 0 Å². The lowest BCUT2D eigenvalue weighted by molar-refractivity contribution is 0.202. The Labute approximate surface area is 182 Å². The van der Waals surface area contributed by atoms with Crippen molar-refractivity contribution in [3.05, 3.63) is 46.0 Å². The second kappa shape index (κ2) is 8.78. The molecule has 166 valence electrons. The molecule has 0 radical (unpaired) electrons. The fraction of sp³-hybridized carbons (Fsp3) is 0.565. The van der Waals surface area contributed by atoms with Crippen LogP contribution >= 0.6 is 0 Å². The van der Waals surface area contributed by atoms with Gasteiger partial charge in [0, 0.05) is 11.6 Å². The van der Waals surface area contributed by atoms with Gasteiger partial charge in [-0.3, -0.25) is 9.69 Å². The molecule has 1 aliphatic heterocycles. The topological polar surface area (TPSA) is 88.9 Å². The van der Waals surface area contributed by atoms with Gasteiger partial charge in [-0.25, -0.2) is 4.68 Å². The number of ether oxygens (including phenoxy) is 1. The Bertz CT molecular complexity index is 1090. The smallest absolute Gasteiger partial charge is 0.253 e. The first-order valence-corrected chi connectivity index (χ1v) is 11.2. The standard InChI is InChI=1S/C23H32N6O2/c1-5-23(2,3)29-21(25-26-27-29)20(28-12-8-6-7-9-13-28)18-14-16-10-11-17(31-4)15-19(16)24-22(18)30/h10-11,14-15,20H,5-9,12-13H2,1-4H3,(H,24,30)/t20-/m0/s1. The van der Waals surface area contributed by atoms with Crippen molar-refractivity contribution in [2.45, 2.75) is 64.5 Å². The molecule has 8 heteroatoms. The number of nitrogens with zero attached hydrogens (tertiary/aromatic N) is 5. The van der Waals surface area contributed by atoms with Gasteiger partial charge in [0.15, 0.2) is 5.82 Å². The molecule has 2 aromatic heterocycles. The summed E-state index contributed by atoms with van der Waals surface area (Å²) in [5.74, 6) is 1.45. The van der Waals surface area contributed by atoms with Gasteiger partial charge in [-0.05, 0) is 80.2 Å². The average Bonchev–Trinajstić information content (AvgIpc) is 3.11.